The molecule has 2 nitrogen and oxygen atoms in total. The van der Waals surface area contributed by atoms with E-state index >= 15 is 0 Å². The zero-order chi connectivity index (χ0) is 5.70. The Hall–Kier alpha value is 0.137. The monoisotopic (exact) mass is 119 g/mol. The molecule has 1 atom stereocenters. The average molecular weight is 119 g/mol. The topological polar surface area (TPSA) is 35.2 Å². The van der Waals surface area contributed by atoms with Crippen molar-refractivity contribution in [2.45, 2.75) is 19.5 Å². The summed E-state index contributed by atoms with van der Waals surface area (Å²) in [6.07, 6.45) is 0. The van der Waals surface area contributed by atoms with Gasteiger partial charge in [-0.05, 0) is 6.92 Å². The minimum atomic E-state index is -0.209. The molecule has 0 aromatic heterocycles. The van der Waals surface area contributed by atoms with Crippen molar-refractivity contribution in [1.82, 2.24) is 0 Å². The van der Waals surface area contributed by atoms with Crippen LogP contribution in [0.4, 0.5) is 0 Å². The summed E-state index contributed by atoms with van der Waals surface area (Å²) in [5, 5.41) is 0. The first kappa shape index (κ1) is 7.14. The van der Waals surface area contributed by atoms with E-state index in [2.05, 4.69) is 6.55 Å². The first-order valence-corrected chi connectivity index (χ1v) is 4.59. The van der Waals surface area contributed by atoms with Crippen molar-refractivity contribution in [3.63, 3.8) is 0 Å². The molecule has 0 aliphatic carbocycles. The second kappa shape index (κ2) is 4.30. The summed E-state index contributed by atoms with van der Waals surface area (Å²) in [7, 11) is -0.209. The van der Waals surface area contributed by atoms with Crippen LogP contribution in [-0.2, 0) is 4.43 Å². The maximum absolute atomic E-state index is 5.38. The number of rotatable bonds is 3. The van der Waals surface area contributed by atoms with Gasteiger partial charge < -0.3 is 10.2 Å². The molecule has 0 heterocycles. The third-order valence-corrected chi connectivity index (χ3v) is 1.23. The molecule has 0 amide bonds. The first-order valence-electron chi connectivity index (χ1n) is 2.60. The number of hydrogen-bond donors (Lipinski definition) is 1. The van der Waals surface area contributed by atoms with Gasteiger partial charge in [-0.25, -0.2) is 0 Å². The molecular formula is C4H13NOSi. The molecular weight excluding hydrogens is 106 g/mol. The summed E-state index contributed by atoms with van der Waals surface area (Å²) in [5.41, 5.74) is 5.38. The Kier molecular flexibility index (Phi) is 4.38. The predicted octanol–water partition coefficient (Wildman–Crippen LogP) is -0.518. The van der Waals surface area contributed by atoms with Gasteiger partial charge in [-0.3, -0.25) is 0 Å². The fourth-order valence-electron chi connectivity index (χ4n) is 0.304. The molecule has 0 saturated heterocycles. The highest BCUT2D eigenvalue weighted by Gasteiger charge is 1.88. The summed E-state index contributed by atoms with van der Waals surface area (Å²) in [6.45, 7) is 4.79. The first-order chi connectivity index (χ1) is 3.27. The molecule has 0 saturated carbocycles. The second-order valence-electron chi connectivity index (χ2n) is 1.64. The molecule has 44 valence electrons. The minimum absolute atomic E-state index is 0.209. The fraction of sp³-hybridized carbons (Fsp3) is 1.00. The van der Waals surface area contributed by atoms with Gasteiger partial charge in [-0.2, -0.15) is 0 Å². The minimum Gasteiger partial charge on any atom is -0.423 e. The zero-order valence-electron chi connectivity index (χ0n) is 4.98. The Labute approximate surface area is 47.0 Å². The molecule has 0 fully saturated rings. The van der Waals surface area contributed by atoms with Gasteiger partial charge >= 0.3 is 0 Å². The Bertz CT molecular complexity index is 40.7. The van der Waals surface area contributed by atoms with E-state index in [0.717, 1.165) is 6.61 Å². The van der Waals surface area contributed by atoms with Gasteiger partial charge in [0.05, 0.1) is 0 Å². The van der Waals surface area contributed by atoms with E-state index in [1.165, 1.54) is 0 Å². The van der Waals surface area contributed by atoms with Crippen LogP contribution in [0.15, 0.2) is 0 Å². The molecule has 0 bridgehead atoms. The summed E-state index contributed by atoms with van der Waals surface area (Å²) in [6, 6.07) is 0.215. The van der Waals surface area contributed by atoms with Crippen molar-refractivity contribution in [3.8, 4) is 0 Å². The maximum atomic E-state index is 5.38. The lowest BCUT2D eigenvalue weighted by Gasteiger charge is -2.02. The van der Waals surface area contributed by atoms with Crippen molar-refractivity contribution in [1.29, 1.82) is 0 Å². The summed E-state index contributed by atoms with van der Waals surface area (Å²) >= 11 is 0. The van der Waals surface area contributed by atoms with Crippen LogP contribution >= 0.6 is 0 Å². The highest BCUT2D eigenvalue weighted by Crippen LogP contribution is 1.74. The van der Waals surface area contributed by atoms with Gasteiger partial charge in [0.25, 0.3) is 0 Å². The van der Waals surface area contributed by atoms with Crippen molar-refractivity contribution in [3.05, 3.63) is 0 Å². The van der Waals surface area contributed by atoms with Gasteiger partial charge in [0.2, 0.25) is 0 Å². The average Bonchev–Trinajstić information content (AvgIpc) is 1.61. The Balaban J connectivity index is 2.68. The van der Waals surface area contributed by atoms with Crippen LogP contribution in [0.25, 0.3) is 0 Å². The fourth-order valence-corrected chi connectivity index (χ4v) is 0.911. The van der Waals surface area contributed by atoms with Gasteiger partial charge in [0.15, 0.2) is 9.76 Å². The van der Waals surface area contributed by atoms with Crippen LogP contribution in [0.2, 0.25) is 6.55 Å². The molecule has 2 N–H and O–H groups in total. The quantitative estimate of drug-likeness (QED) is 0.507. The van der Waals surface area contributed by atoms with Crippen molar-refractivity contribution < 1.29 is 4.43 Å². The molecule has 0 aliphatic heterocycles. The molecule has 0 aromatic carbocycles. The van der Waals surface area contributed by atoms with E-state index in [1.807, 2.05) is 6.92 Å². The van der Waals surface area contributed by atoms with Gasteiger partial charge in [-0.15, -0.1) is 0 Å². The summed E-state index contributed by atoms with van der Waals surface area (Å²) in [5.74, 6) is 0. The highest BCUT2D eigenvalue weighted by atomic mass is 28.2. The van der Waals surface area contributed by atoms with Crippen LogP contribution < -0.4 is 5.73 Å². The Morgan fingerprint density at radius 2 is 2.43 bits per heavy atom. The van der Waals surface area contributed by atoms with E-state index in [9.17, 15) is 0 Å². The van der Waals surface area contributed by atoms with E-state index in [-0.39, 0.29) is 15.8 Å². The van der Waals surface area contributed by atoms with Crippen LogP contribution in [0.5, 0.6) is 0 Å². The van der Waals surface area contributed by atoms with E-state index in [0.29, 0.717) is 0 Å². The van der Waals surface area contributed by atoms with Crippen LogP contribution in [0, 0.1) is 0 Å². The molecule has 0 aliphatic rings. The van der Waals surface area contributed by atoms with Crippen molar-refractivity contribution in [2.24, 2.45) is 5.73 Å². The SMILES string of the molecule is C[SiH2]OCC(C)N. The molecule has 0 spiro atoms. The van der Waals surface area contributed by atoms with Gasteiger partial charge in [0.1, 0.15) is 0 Å². The van der Waals surface area contributed by atoms with Crippen molar-refractivity contribution >= 4 is 9.76 Å². The molecule has 1 unspecified atom stereocenters. The lowest BCUT2D eigenvalue weighted by atomic mass is 10.4. The molecule has 3 heteroatoms. The zero-order valence-corrected chi connectivity index (χ0v) is 6.39. The Morgan fingerprint density at radius 3 is 2.57 bits per heavy atom. The maximum Gasteiger partial charge on any atom is 0.158 e. The van der Waals surface area contributed by atoms with Crippen molar-refractivity contribution in [2.75, 3.05) is 6.61 Å². The molecule has 0 radical (unpaired) electrons. The van der Waals surface area contributed by atoms with Gasteiger partial charge in [-0.1, -0.05) is 6.55 Å². The Morgan fingerprint density at radius 1 is 1.86 bits per heavy atom. The third-order valence-electron chi connectivity index (χ3n) is 0.585. The predicted molar refractivity (Wildman–Crippen MR) is 34.0 cm³/mol. The standard InChI is InChI=1S/C4H13NOSi/c1-4(5)3-6-7-2/h4H,3,5,7H2,1-2H3. The van der Waals surface area contributed by atoms with E-state index in [4.69, 9.17) is 10.2 Å². The third kappa shape index (κ3) is 6.14. The molecule has 0 aromatic rings. The van der Waals surface area contributed by atoms with Crippen LogP contribution in [0.1, 0.15) is 6.92 Å². The molecule has 7 heavy (non-hydrogen) atoms. The van der Waals surface area contributed by atoms with Crippen LogP contribution in [0.3, 0.4) is 0 Å². The highest BCUT2D eigenvalue weighted by molar-refractivity contribution is 6.24. The number of hydrogen-bond acceptors (Lipinski definition) is 2. The smallest absolute Gasteiger partial charge is 0.158 e. The van der Waals surface area contributed by atoms with E-state index in [1.54, 1.807) is 0 Å². The van der Waals surface area contributed by atoms with Crippen LogP contribution in [-0.4, -0.2) is 22.4 Å². The second-order valence-corrected chi connectivity index (χ2v) is 2.62. The van der Waals surface area contributed by atoms with Gasteiger partial charge in [0, 0.05) is 12.6 Å². The lowest BCUT2D eigenvalue weighted by molar-refractivity contribution is 0.314. The molecule has 0 rings (SSSR count). The largest absolute Gasteiger partial charge is 0.423 e. The number of nitrogens with two attached hydrogens (primary N) is 1. The normalized spacial score (nSPS) is 15.9. The summed E-state index contributed by atoms with van der Waals surface area (Å²) in [4.78, 5) is 0. The van der Waals surface area contributed by atoms with E-state index < -0.39 is 0 Å². The summed E-state index contributed by atoms with van der Waals surface area (Å²) < 4.78 is 5.11. The lowest BCUT2D eigenvalue weighted by Crippen LogP contribution is -2.22.